The Bertz CT molecular complexity index is 562. The molecule has 74 valence electrons. The van der Waals surface area contributed by atoms with Crippen LogP contribution in [-0.2, 0) is 0 Å². The van der Waals surface area contributed by atoms with Gasteiger partial charge in [0.25, 0.3) is 0 Å². The number of aryl methyl sites for hydroxylation is 1. The van der Waals surface area contributed by atoms with Crippen LogP contribution in [0.4, 0.5) is 0 Å². The lowest BCUT2D eigenvalue weighted by Crippen LogP contribution is -1.98. The van der Waals surface area contributed by atoms with Crippen LogP contribution >= 0.6 is 0 Å². The van der Waals surface area contributed by atoms with Crippen molar-refractivity contribution in [3.8, 4) is 0 Å². The minimum Gasteiger partial charge on any atom is -0.0766 e. The Labute approximate surface area is 90.2 Å². The van der Waals surface area contributed by atoms with Gasteiger partial charge in [-0.3, -0.25) is 0 Å². The van der Waals surface area contributed by atoms with Gasteiger partial charge < -0.3 is 0 Å². The Morgan fingerprint density at radius 3 is 2.80 bits per heavy atom. The van der Waals surface area contributed by atoms with E-state index >= 15 is 0 Å². The first-order valence-corrected chi connectivity index (χ1v) is 5.48. The van der Waals surface area contributed by atoms with Gasteiger partial charge in [-0.25, -0.2) is 0 Å². The molecule has 0 saturated carbocycles. The van der Waals surface area contributed by atoms with Crippen LogP contribution in [0.3, 0.4) is 0 Å². The van der Waals surface area contributed by atoms with Crippen molar-refractivity contribution in [2.24, 2.45) is 0 Å². The highest BCUT2D eigenvalue weighted by atomic mass is 14.2. The fourth-order valence-electron chi connectivity index (χ4n) is 2.48. The van der Waals surface area contributed by atoms with Crippen LogP contribution in [0, 0.1) is 6.92 Å². The predicted molar refractivity (Wildman–Crippen MR) is 66.1 cm³/mol. The van der Waals surface area contributed by atoms with Crippen molar-refractivity contribution in [2.75, 3.05) is 0 Å². The van der Waals surface area contributed by atoms with Crippen molar-refractivity contribution in [3.63, 3.8) is 0 Å². The first-order valence-electron chi connectivity index (χ1n) is 5.48. The number of benzene rings is 2. The molecule has 1 atom stereocenters. The number of rotatable bonds is 0. The second-order valence-electron chi connectivity index (χ2n) is 4.39. The van der Waals surface area contributed by atoms with Crippen molar-refractivity contribution in [2.45, 2.75) is 19.8 Å². The van der Waals surface area contributed by atoms with Crippen LogP contribution in [0.5, 0.6) is 0 Å². The molecule has 0 N–H and O–H groups in total. The predicted octanol–water partition coefficient (Wildman–Crippen LogP) is 4.28. The normalized spacial score (nSPS) is 18.4. The van der Waals surface area contributed by atoms with E-state index in [-0.39, 0.29) is 0 Å². The van der Waals surface area contributed by atoms with Gasteiger partial charge in [0.1, 0.15) is 0 Å². The van der Waals surface area contributed by atoms with Gasteiger partial charge in [-0.2, -0.15) is 0 Å². The molecule has 0 aromatic heterocycles. The Hall–Kier alpha value is -1.56. The summed E-state index contributed by atoms with van der Waals surface area (Å²) in [6.07, 6.45) is 4.57. The van der Waals surface area contributed by atoms with E-state index in [1.165, 1.54) is 27.5 Å². The average Bonchev–Trinajstić information content (AvgIpc) is 2.26. The molecule has 0 fully saturated rings. The van der Waals surface area contributed by atoms with E-state index in [1.54, 1.807) is 0 Å². The molecule has 2 aromatic carbocycles. The molecule has 1 aliphatic rings. The largest absolute Gasteiger partial charge is 0.0766 e. The van der Waals surface area contributed by atoms with E-state index in [9.17, 15) is 0 Å². The third kappa shape index (κ3) is 1.14. The standard InChI is InChI=1S/C15H14/c1-10-6-8-12-4-3-5-13-11(2)7-9-14(10)15(12)13/h3-9,11H,1-2H3. The molecule has 0 saturated heterocycles. The first kappa shape index (κ1) is 8.72. The molecule has 3 rings (SSSR count). The maximum atomic E-state index is 2.30. The molecule has 0 amide bonds. The van der Waals surface area contributed by atoms with Gasteiger partial charge in [0.2, 0.25) is 0 Å². The highest BCUT2D eigenvalue weighted by Crippen LogP contribution is 2.35. The molecular formula is C15H14. The molecular weight excluding hydrogens is 180 g/mol. The van der Waals surface area contributed by atoms with Crippen molar-refractivity contribution in [1.82, 2.24) is 0 Å². The van der Waals surface area contributed by atoms with E-state index in [0.717, 1.165) is 0 Å². The Morgan fingerprint density at radius 1 is 1.07 bits per heavy atom. The third-order valence-electron chi connectivity index (χ3n) is 3.38. The van der Waals surface area contributed by atoms with Crippen molar-refractivity contribution in [1.29, 1.82) is 0 Å². The molecule has 0 heterocycles. The van der Waals surface area contributed by atoms with Crippen LogP contribution in [0.1, 0.15) is 29.5 Å². The van der Waals surface area contributed by atoms with E-state index in [1.807, 2.05) is 0 Å². The first-order chi connectivity index (χ1) is 7.27. The Balaban J connectivity index is 2.53. The van der Waals surface area contributed by atoms with Crippen LogP contribution in [0.15, 0.2) is 36.4 Å². The van der Waals surface area contributed by atoms with Gasteiger partial charge in [-0.1, -0.05) is 49.4 Å². The minimum atomic E-state index is 0.544. The average molecular weight is 194 g/mol. The number of hydrogen-bond donors (Lipinski definition) is 0. The molecule has 15 heavy (non-hydrogen) atoms. The second kappa shape index (κ2) is 2.96. The van der Waals surface area contributed by atoms with Crippen molar-refractivity contribution >= 4 is 16.8 Å². The zero-order valence-electron chi connectivity index (χ0n) is 9.12. The summed E-state index contributed by atoms with van der Waals surface area (Å²) in [5.41, 5.74) is 4.24. The van der Waals surface area contributed by atoms with E-state index in [0.29, 0.717) is 5.92 Å². The fourth-order valence-corrected chi connectivity index (χ4v) is 2.48. The second-order valence-corrected chi connectivity index (χ2v) is 4.39. The SMILES string of the molecule is Cc1ccc2cccc3c2c1C=CC3C. The lowest BCUT2D eigenvalue weighted by molar-refractivity contribution is 0.978. The summed E-state index contributed by atoms with van der Waals surface area (Å²) < 4.78 is 0. The van der Waals surface area contributed by atoms with Gasteiger partial charge in [0.05, 0.1) is 0 Å². The summed E-state index contributed by atoms with van der Waals surface area (Å²) in [6.45, 7) is 4.45. The topological polar surface area (TPSA) is 0 Å². The Kier molecular flexibility index (Phi) is 1.72. The zero-order chi connectivity index (χ0) is 10.4. The number of hydrogen-bond acceptors (Lipinski definition) is 0. The summed E-state index contributed by atoms with van der Waals surface area (Å²) in [5, 5.41) is 2.82. The van der Waals surface area contributed by atoms with Crippen LogP contribution < -0.4 is 0 Å². The molecule has 1 unspecified atom stereocenters. The van der Waals surface area contributed by atoms with Gasteiger partial charge in [-0.05, 0) is 40.3 Å². The maximum Gasteiger partial charge on any atom is -0.0000729 e. The summed E-state index contributed by atoms with van der Waals surface area (Å²) in [6, 6.07) is 11.0. The highest BCUT2D eigenvalue weighted by molar-refractivity contribution is 5.96. The van der Waals surface area contributed by atoms with Gasteiger partial charge in [-0.15, -0.1) is 0 Å². The molecule has 2 aromatic rings. The molecule has 0 spiro atoms. The van der Waals surface area contributed by atoms with Crippen LogP contribution in [0.25, 0.3) is 16.8 Å². The maximum absolute atomic E-state index is 2.30. The smallest absolute Gasteiger partial charge is 0.0000729 e. The lowest BCUT2D eigenvalue weighted by Gasteiger charge is -2.19. The molecule has 0 heteroatoms. The van der Waals surface area contributed by atoms with Crippen molar-refractivity contribution in [3.05, 3.63) is 53.1 Å². The molecule has 0 radical (unpaired) electrons. The van der Waals surface area contributed by atoms with E-state index in [2.05, 4.69) is 56.3 Å². The van der Waals surface area contributed by atoms with Gasteiger partial charge in [0, 0.05) is 0 Å². The van der Waals surface area contributed by atoms with E-state index < -0.39 is 0 Å². The van der Waals surface area contributed by atoms with Crippen LogP contribution in [0.2, 0.25) is 0 Å². The van der Waals surface area contributed by atoms with Gasteiger partial charge in [0.15, 0.2) is 0 Å². The molecule has 0 aliphatic heterocycles. The summed E-state index contributed by atoms with van der Waals surface area (Å²) >= 11 is 0. The zero-order valence-corrected chi connectivity index (χ0v) is 9.12. The third-order valence-corrected chi connectivity index (χ3v) is 3.38. The summed E-state index contributed by atoms with van der Waals surface area (Å²) in [7, 11) is 0. The van der Waals surface area contributed by atoms with Gasteiger partial charge >= 0.3 is 0 Å². The van der Waals surface area contributed by atoms with Crippen molar-refractivity contribution < 1.29 is 0 Å². The minimum absolute atomic E-state index is 0.544. The van der Waals surface area contributed by atoms with E-state index in [4.69, 9.17) is 0 Å². The molecule has 1 aliphatic carbocycles. The fraction of sp³-hybridized carbons (Fsp3) is 0.200. The highest BCUT2D eigenvalue weighted by Gasteiger charge is 2.14. The Morgan fingerprint density at radius 2 is 1.93 bits per heavy atom. The number of allylic oxidation sites excluding steroid dienone is 1. The molecule has 0 nitrogen and oxygen atoms in total. The summed E-state index contributed by atoms with van der Waals surface area (Å²) in [4.78, 5) is 0. The monoisotopic (exact) mass is 194 g/mol. The summed E-state index contributed by atoms with van der Waals surface area (Å²) in [5.74, 6) is 0.544. The lowest BCUT2D eigenvalue weighted by atomic mass is 9.85. The molecule has 0 bridgehead atoms. The quantitative estimate of drug-likeness (QED) is 0.587. The van der Waals surface area contributed by atoms with Crippen LogP contribution in [-0.4, -0.2) is 0 Å².